The van der Waals surface area contributed by atoms with Crippen molar-refractivity contribution in [2.45, 2.75) is 31.2 Å². The SMILES string of the molecule is NC[C@@H]1[C@H](C(F)(F)F)[C@H]2CC[C@H]1O2. The molecule has 2 nitrogen and oxygen atoms in total. The maximum atomic E-state index is 12.5. The summed E-state index contributed by atoms with van der Waals surface area (Å²) in [4.78, 5) is 0. The topological polar surface area (TPSA) is 35.2 Å². The molecule has 5 heteroatoms. The Morgan fingerprint density at radius 2 is 1.85 bits per heavy atom. The summed E-state index contributed by atoms with van der Waals surface area (Å²) in [5, 5.41) is 0. The van der Waals surface area contributed by atoms with Gasteiger partial charge in [0.2, 0.25) is 0 Å². The van der Waals surface area contributed by atoms with Gasteiger partial charge >= 0.3 is 6.18 Å². The summed E-state index contributed by atoms with van der Waals surface area (Å²) < 4.78 is 42.8. The molecule has 0 aromatic carbocycles. The Morgan fingerprint density at radius 3 is 2.31 bits per heavy atom. The summed E-state index contributed by atoms with van der Waals surface area (Å²) >= 11 is 0. The Hall–Kier alpha value is -0.290. The Balaban J connectivity index is 2.18. The first-order chi connectivity index (χ1) is 6.04. The third-order valence-electron chi connectivity index (χ3n) is 3.07. The van der Waals surface area contributed by atoms with E-state index in [0.717, 1.165) is 6.42 Å². The molecule has 0 unspecified atom stereocenters. The van der Waals surface area contributed by atoms with E-state index in [-0.39, 0.29) is 12.6 Å². The molecule has 2 fully saturated rings. The molecule has 2 rings (SSSR count). The van der Waals surface area contributed by atoms with Gasteiger partial charge in [-0.05, 0) is 19.4 Å². The van der Waals surface area contributed by atoms with Crippen molar-refractivity contribution in [1.82, 2.24) is 0 Å². The predicted octanol–water partition coefficient (Wildman–Crippen LogP) is 1.30. The highest BCUT2D eigenvalue weighted by atomic mass is 19.4. The van der Waals surface area contributed by atoms with Crippen LogP contribution in [0.3, 0.4) is 0 Å². The predicted molar refractivity (Wildman–Crippen MR) is 40.0 cm³/mol. The van der Waals surface area contributed by atoms with Crippen molar-refractivity contribution in [3.8, 4) is 0 Å². The summed E-state index contributed by atoms with van der Waals surface area (Å²) in [6.45, 7) is 0.0747. The van der Waals surface area contributed by atoms with Crippen LogP contribution in [0.25, 0.3) is 0 Å². The number of halogens is 3. The highest BCUT2D eigenvalue weighted by molar-refractivity contribution is 4.99. The molecule has 0 aromatic rings. The maximum Gasteiger partial charge on any atom is 0.394 e. The van der Waals surface area contributed by atoms with E-state index in [1.54, 1.807) is 0 Å². The molecule has 2 N–H and O–H groups in total. The molecule has 0 radical (unpaired) electrons. The van der Waals surface area contributed by atoms with E-state index in [0.29, 0.717) is 6.42 Å². The monoisotopic (exact) mass is 195 g/mol. The van der Waals surface area contributed by atoms with Gasteiger partial charge in [0.25, 0.3) is 0 Å². The van der Waals surface area contributed by atoms with E-state index in [2.05, 4.69) is 0 Å². The van der Waals surface area contributed by atoms with Crippen LogP contribution in [0.4, 0.5) is 13.2 Å². The standard InChI is InChI=1S/C8H12F3NO/c9-8(10,11)7-4(3-12)5-1-2-6(7)13-5/h4-7H,1-3,12H2/t4-,5+,6+,7-/m0/s1. The first-order valence-corrected chi connectivity index (χ1v) is 4.46. The Bertz CT molecular complexity index is 206. The van der Waals surface area contributed by atoms with Gasteiger partial charge in [0.15, 0.2) is 0 Å². The van der Waals surface area contributed by atoms with Crippen molar-refractivity contribution in [2.24, 2.45) is 17.6 Å². The fraction of sp³-hybridized carbons (Fsp3) is 1.00. The van der Waals surface area contributed by atoms with E-state index in [1.165, 1.54) is 0 Å². The number of alkyl halides is 3. The molecule has 0 spiro atoms. The molecule has 0 aliphatic carbocycles. The van der Waals surface area contributed by atoms with Gasteiger partial charge in [-0.15, -0.1) is 0 Å². The number of rotatable bonds is 1. The summed E-state index contributed by atoms with van der Waals surface area (Å²) in [5.41, 5.74) is 5.33. The molecule has 0 saturated carbocycles. The smallest absolute Gasteiger partial charge is 0.374 e. The fourth-order valence-electron chi connectivity index (χ4n) is 2.53. The lowest BCUT2D eigenvalue weighted by molar-refractivity contribution is -0.195. The van der Waals surface area contributed by atoms with E-state index in [1.807, 2.05) is 0 Å². The van der Waals surface area contributed by atoms with Crippen LogP contribution in [0.2, 0.25) is 0 Å². The molecule has 2 aliphatic rings. The van der Waals surface area contributed by atoms with Crippen molar-refractivity contribution in [3.63, 3.8) is 0 Å². The second kappa shape index (κ2) is 2.85. The van der Waals surface area contributed by atoms with Crippen LogP contribution in [0.5, 0.6) is 0 Å². The van der Waals surface area contributed by atoms with Crippen LogP contribution in [-0.2, 0) is 4.74 Å². The van der Waals surface area contributed by atoms with Crippen LogP contribution in [0.15, 0.2) is 0 Å². The van der Waals surface area contributed by atoms with E-state index in [4.69, 9.17) is 10.5 Å². The van der Waals surface area contributed by atoms with E-state index >= 15 is 0 Å². The molecule has 2 bridgehead atoms. The zero-order valence-electron chi connectivity index (χ0n) is 7.05. The molecule has 2 aliphatic heterocycles. The summed E-state index contributed by atoms with van der Waals surface area (Å²) in [6, 6.07) is 0. The van der Waals surface area contributed by atoms with Gasteiger partial charge in [-0.1, -0.05) is 0 Å². The first-order valence-electron chi connectivity index (χ1n) is 4.46. The average molecular weight is 195 g/mol. The second-order valence-electron chi connectivity index (χ2n) is 3.76. The summed E-state index contributed by atoms with van der Waals surface area (Å²) in [7, 11) is 0. The van der Waals surface area contributed by atoms with Crippen LogP contribution in [0, 0.1) is 11.8 Å². The Morgan fingerprint density at radius 1 is 1.23 bits per heavy atom. The van der Waals surface area contributed by atoms with Crippen molar-refractivity contribution in [2.75, 3.05) is 6.54 Å². The van der Waals surface area contributed by atoms with E-state index in [9.17, 15) is 13.2 Å². The molecule has 2 saturated heterocycles. The minimum absolute atomic E-state index is 0.0747. The van der Waals surface area contributed by atoms with Gasteiger partial charge in [0.05, 0.1) is 18.1 Å². The number of hydrogen-bond donors (Lipinski definition) is 1. The largest absolute Gasteiger partial charge is 0.394 e. The van der Waals surface area contributed by atoms with Gasteiger partial charge in [-0.2, -0.15) is 13.2 Å². The lowest BCUT2D eigenvalue weighted by atomic mass is 9.79. The van der Waals surface area contributed by atoms with Gasteiger partial charge in [0, 0.05) is 5.92 Å². The van der Waals surface area contributed by atoms with Crippen molar-refractivity contribution < 1.29 is 17.9 Å². The van der Waals surface area contributed by atoms with Gasteiger partial charge in [-0.25, -0.2) is 0 Å². The lowest BCUT2D eigenvalue weighted by Gasteiger charge is -2.28. The summed E-state index contributed by atoms with van der Waals surface area (Å²) in [5.74, 6) is -1.84. The second-order valence-corrected chi connectivity index (χ2v) is 3.76. The number of hydrogen-bond acceptors (Lipinski definition) is 2. The Labute approximate surface area is 74.2 Å². The quantitative estimate of drug-likeness (QED) is 0.684. The fourth-order valence-corrected chi connectivity index (χ4v) is 2.53. The third-order valence-corrected chi connectivity index (χ3v) is 3.07. The minimum atomic E-state index is -4.15. The Kier molecular flexibility index (Phi) is 2.03. The normalized spacial score (nSPS) is 44.3. The maximum absolute atomic E-state index is 12.5. The van der Waals surface area contributed by atoms with Crippen molar-refractivity contribution in [1.29, 1.82) is 0 Å². The molecule has 0 aromatic heterocycles. The molecule has 4 atom stereocenters. The minimum Gasteiger partial charge on any atom is -0.374 e. The van der Waals surface area contributed by atoms with E-state index < -0.39 is 24.1 Å². The third kappa shape index (κ3) is 1.34. The van der Waals surface area contributed by atoms with Crippen molar-refractivity contribution in [3.05, 3.63) is 0 Å². The molecule has 0 amide bonds. The molecule has 2 heterocycles. The van der Waals surface area contributed by atoms with Crippen molar-refractivity contribution >= 4 is 0 Å². The van der Waals surface area contributed by atoms with Gasteiger partial charge in [0.1, 0.15) is 0 Å². The number of ether oxygens (including phenoxy) is 1. The average Bonchev–Trinajstić information content (AvgIpc) is 2.59. The highest BCUT2D eigenvalue weighted by Crippen LogP contribution is 2.49. The lowest BCUT2D eigenvalue weighted by Crippen LogP contribution is -2.41. The molecule has 76 valence electrons. The number of fused-ring (bicyclic) bond motifs is 2. The summed E-state index contributed by atoms with van der Waals surface area (Å²) in [6.07, 6.45) is -3.76. The van der Waals surface area contributed by atoms with Gasteiger partial charge in [-0.3, -0.25) is 0 Å². The van der Waals surface area contributed by atoms with Gasteiger partial charge < -0.3 is 10.5 Å². The van der Waals surface area contributed by atoms with Crippen LogP contribution in [-0.4, -0.2) is 24.9 Å². The first kappa shape index (κ1) is 9.27. The molecular formula is C8H12F3NO. The number of nitrogens with two attached hydrogens (primary N) is 1. The highest BCUT2D eigenvalue weighted by Gasteiger charge is 2.59. The zero-order valence-corrected chi connectivity index (χ0v) is 7.05. The zero-order chi connectivity index (χ0) is 9.64. The van der Waals surface area contributed by atoms with Crippen LogP contribution in [0.1, 0.15) is 12.8 Å². The molecule has 13 heavy (non-hydrogen) atoms. The van der Waals surface area contributed by atoms with Crippen LogP contribution >= 0.6 is 0 Å². The molecular weight excluding hydrogens is 183 g/mol. The van der Waals surface area contributed by atoms with Crippen LogP contribution < -0.4 is 5.73 Å².